The summed E-state index contributed by atoms with van der Waals surface area (Å²) in [6.07, 6.45) is 2.06. The predicted molar refractivity (Wildman–Crippen MR) is 148 cm³/mol. The van der Waals surface area contributed by atoms with Gasteiger partial charge in [0.1, 0.15) is 6.54 Å². The molecule has 1 aliphatic heterocycles. The molecule has 1 saturated heterocycles. The van der Waals surface area contributed by atoms with Crippen molar-refractivity contribution in [2.45, 2.75) is 70.2 Å². The Hall–Kier alpha value is -3.24. The van der Waals surface area contributed by atoms with E-state index in [0.29, 0.717) is 30.1 Å². The van der Waals surface area contributed by atoms with Gasteiger partial charge in [0.05, 0.1) is 5.54 Å². The average Bonchev–Trinajstić information content (AvgIpc) is 3.63. The van der Waals surface area contributed by atoms with Gasteiger partial charge >= 0.3 is 6.09 Å². The largest absolute Gasteiger partial charge is 0.427 e. The molecule has 206 valence electrons. The number of nitrogens with zero attached hydrogens (tertiary/aromatic N) is 2. The summed E-state index contributed by atoms with van der Waals surface area (Å²) >= 11 is 3.44. The van der Waals surface area contributed by atoms with Crippen LogP contribution in [-0.2, 0) is 37.7 Å². The van der Waals surface area contributed by atoms with Crippen LogP contribution in [0.1, 0.15) is 56.7 Å². The molecule has 3 N–H and O–H groups in total. The molecule has 2 atom stereocenters. The molecule has 0 unspecified atom stereocenters. The Morgan fingerprint density at radius 2 is 1.90 bits per heavy atom. The molecule has 5 rings (SSSR count). The monoisotopic (exact) mass is 596 g/mol. The summed E-state index contributed by atoms with van der Waals surface area (Å²) in [7, 11) is 0. The zero-order valence-corrected chi connectivity index (χ0v) is 23.9. The summed E-state index contributed by atoms with van der Waals surface area (Å²) in [6, 6.07) is 12.9. The quantitative estimate of drug-likeness (QED) is 0.473. The van der Waals surface area contributed by atoms with E-state index in [9.17, 15) is 19.2 Å². The molecule has 4 amide bonds. The second-order valence-electron chi connectivity index (χ2n) is 11.4. The lowest BCUT2D eigenvalue weighted by molar-refractivity contribution is -0.143. The van der Waals surface area contributed by atoms with Crippen molar-refractivity contribution in [2.24, 2.45) is 11.7 Å². The summed E-state index contributed by atoms with van der Waals surface area (Å²) in [6.45, 7) is 5.27. The van der Waals surface area contributed by atoms with Crippen molar-refractivity contribution in [1.29, 1.82) is 0 Å². The number of imide groups is 1. The third kappa shape index (κ3) is 5.32. The number of amides is 4. The Labute approximate surface area is 236 Å². The van der Waals surface area contributed by atoms with Crippen LogP contribution in [0.3, 0.4) is 0 Å². The smallest absolute Gasteiger partial charge is 0.418 e. The lowest BCUT2D eigenvalue weighted by Gasteiger charge is -2.30. The van der Waals surface area contributed by atoms with Gasteiger partial charge in [-0.15, -0.1) is 0 Å². The van der Waals surface area contributed by atoms with E-state index in [2.05, 4.69) is 21.2 Å². The van der Waals surface area contributed by atoms with Crippen LogP contribution in [0.25, 0.3) is 0 Å². The first-order valence-corrected chi connectivity index (χ1v) is 14.0. The summed E-state index contributed by atoms with van der Waals surface area (Å²) < 4.78 is 6.67. The molecule has 1 heterocycles. The number of aryl methyl sites for hydroxylation is 1. The number of hydrogen-bond acceptors (Lipinski definition) is 6. The minimum Gasteiger partial charge on any atom is -0.427 e. The molecule has 2 aliphatic carbocycles. The van der Waals surface area contributed by atoms with Crippen LogP contribution >= 0.6 is 15.9 Å². The number of rotatable bonds is 8. The fraction of sp³-hybridized carbons (Fsp3) is 0.448. The minimum absolute atomic E-state index is 0.0110. The number of carbonyl (C=O) groups excluding carboxylic acids is 4. The first-order valence-electron chi connectivity index (χ1n) is 13.2. The Balaban J connectivity index is 1.34. The molecule has 10 heteroatoms. The van der Waals surface area contributed by atoms with E-state index in [1.807, 2.05) is 31.2 Å². The molecule has 1 spiro atoms. The minimum atomic E-state index is -1.46. The van der Waals surface area contributed by atoms with Gasteiger partial charge in [0, 0.05) is 34.7 Å². The van der Waals surface area contributed by atoms with E-state index in [4.69, 9.17) is 10.5 Å². The second kappa shape index (κ2) is 10.1. The van der Waals surface area contributed by atoms with Gasteiger partial charge in [0.2, 0.25) is 17.4 Å². The zero-order chi connectivity index (χ0) is 28.1. The summed E-state index contributed by atoms with van der Waals surface area (Å²) in [5, 5.41) is 2.79. The van der Waals surface area contributed by atoms with Crippen LogP contribution in [0.2, 0.25) is 0 Å². The highest BCUT2D eigenvalue weighted by atomic mass is 79.9. The summed E-state index contributed by atoms with van der Waals surface area (Å²) in [5.74, 6) is -0.739. The Morgan fingerprint density at radius 3 is 2.54 bits per heavy atom. The van der Waals surface area contributed by atoms with Gasteiger partial charge in [-0.3, -0.25) is 14.4 Å². The standard InChI is InChI=1S/C29H33BrN4O5/c1-17(19-6-7-19)33(15-18-4-8-21(30)9-5-18)24(35)16-34-26(37)29(39-27(34)38)13-12-20-14-22(10-11-23(20)29)32-25(36)28(2,3)31/h4-5,8-11,14,17,19H,6-7,12-13,15-16,31H2,1-3H3,(H,32,36)/t17-,29-/m0/s1. The molecular formula is C29H33BrN4O5. The predicted octanol–water partition coefficient (Wildman–Crippen LogP) is 4.07. The van der Waals surface area contributed by atoms with Gasteiger partial charge in [-0.1, -0.05) is 34.1 Å². The number of fused-ring (bicyclic) bond motifs is 2. The topological polar surface area (TPSA) is 122 Å². The van der Waals surface area contributed by atoms with Crippen LogP contribution in [0.15, 0.2) is 46.9 Å². The lowest BCUT2D eigenvalue weighted by Crippen LogP contribution is -2.47. The van der Waals surface area contributed by atoms with E-state index >= 15 is 0 Å². The first kappa shape index (κ1) is 27.3. The fourth-order valence-electron chi connectivity index (χ4n) is 5.33. The number of halogens is 1. The summed E-state index contributed by atoms with van der Waals surface area (Å²) in [4.78, 5) is 55.3. The molecule has 2 aromatic rings. The number of carbonyl (C=O) groups is 4. The van der Waals surface area contributed by atoms with Crippen molar-refractivity contribution in [2.75, 3.05) is 11.9 Å². The molecule has 2 fully saturated rings. The molecule has 1 saturated carbocycles. The maximum absolute atomic E-state index is 13.7. The van der Waals surface area contributed by atoms with Crippen LogP contribution in [-0.4, -0.2) is 51.7 Å². The average molecular weight is 598 g/mol. The molecule has 0 bridgehead atoms. The maximum Gasteiger partial charge on any atom is 0.418 e. The molecule has 0 radical (unpaired) electrons. The molecular weight excluding hydrogens is 564 g/mol. The third-order valence-corrected chi connectivity index (χ3v) is 8.41. The van der Waals surface area contributed by atoms with E-state index in [1.54, 1.807) is 36.9 Å². The van der Waals surface area contributed by atoms with Gasteiger partial charge in [0.25, 0.3) is 5.91 Å². The van der Waals surface area contributed by atoms with Crippen molar-refractivity contribution < 1.29 is 23.9 Å². The van der Waals surface area contributed by atoms with Crippen LogP contribution in [0.4, 0.5) is 10.5 Å². The Kier molecular flexibility index (Phi) is 7.05. The molecule has 39 heavy (non-hydrogen) atoms. The van der Waals surface area contributed by atoms with Crippen molar-refractivity contribution in [1.82, 2.24) is 9.80 Å². The third-order valence-electron chi connectivity index (χ3n) is 7.88. The van der Waals surface area contributed by atoms with Crippen molar-refractivity contribution in [3.05, 3.63) is 63.6 Å². The van der Waals surface area contributed by atoms with Gasteiger partial charge in [-0.2, -0.15) is 0 Å². The normalized spacial score (nSPS) is 21.1. The van der Waals surface area contributed by atoms with E-state index < -0.39 is 23.1 Å². The zero-order valence-electron chi connectivity index (χ0n) is 22.3. The highest BCUT2D eigenvalue weighted by molar-refractivity contribution is 9.10. The van der Waals surface area contributed by atoms with Crippen molar-refractivity contribution in [3.63, 3.8) is 0 Å². The number of anilines is 1. The number of ether oxygens (including phenoxy) is 1. The van der Waals surface area contributed by atoms with Crippen LogP contribution in [0.5, 0.6) is 0 Å². The highest BCUT2D eigenvalue weighted by Crippen LogP contribution is 2.46. The SMILES string of the molecule is C[C@@H](C1CC1)N(Cc1ccc(Br)cc1)C(=O)CN1C(=O)O[C@]2(CCc3cc(NC(=O)C(C)(C)N)ccc32)C1=O. The number of hydrogen-bond donors (Lipinski definition) is 2. The molecule has 9 nitrogen and oxygen atoms in total. The van der Waals surface area contributed by atoms with E-state index in [1.165, 1.54) is 0 Å². The first-order chi connectivity index (χ1) is 18.4. The van der Waals surface area contributed by atoms with Gasteiger partial charge in [-0.05, 0) is 81.3 Å². The van der Waals surface area contributed by atoms with Gasteiger partial charge < -0.3 is 20.7 Å². The molecule has 0 aromatic heterocycles. The number of benzene rings is 2. The number of nitrogens with one attached hydrogen (secondary N) is 1. The van der Waals surface area contributed by atoms with Gasteiger partial charge in [0.15, 0.2) is 0 Å². The Bertz CT molecular complexity index is 1330. The lowest BCUT2D eigenvalue weighted by atomic mass is 9.94. The Morgan fingerprint density at radius 1 is 1.21 bits per heavy atom. The van der Waals surface area contributed by atoms with Crippen LogP contribution < -0.4 is 11.1 Å². The van der Waals surface area contributed by atoms with Gasteiger partial charge in [-0.25, -0.2) is 9.69 Å². The summed E-state index contributed by atoms with van der Waals surface area (Å²) in [5.41, 5.74) is 6.28. The van der Waals surface area contributed by atoms with E-state index in [-0.39, 0.29) is 30.8 Å². The van der Waals surface area contributed by atoms with E-state index in [0.717, 1.165) is 33.3 Å². The molecule has 2 aromatic carbocycles. The second-order valence-corrected chi connectivity index (χ2v) is 12.3. The fourth-order valence-corrected chi connectivity index (χ4v) is 5.59. The molecule has 3 aliphatic rings. The highest BCUT2D eigenvalue weighted by Gasteiger charge is 2.58. The van der Waals surface area contributed by atoms with Crippen molar-refractivity contribution in [3.8, 4) is 0 Å². The maximum atomic E-state index is 13.7. The van der Waals surface area contributed by atoms with Crippen LogP contribution in [0, 0.1) is 5.92 Å². The van der Waals surface area contributed by atoms with Crippen molar-refractivity contribution >= 4 is 45.4 Å². The number of nitrogens with two attached hydrogens (primary N) is 1.